The highest BCUT2D eigenvalue weighted by Gasteiger charge is 2.24. The van der Waals surface area contributed by atoms with E-state index in [1.165, 1.54) is 36.9 Å². The average Bonchev–Trinajstić information content (AvgIpc) is 3.05. The minimum Gasteiger partial charge on any atom is -0.381 e. The Balaban J connectivity index is 1.69. The van der Waals surface area contributed by atoms with Gasteiger partial charge in [0.2, 0.25) is 0 Å². The lowest BCUT2D eigenvalue weighted by Gasteiger charge is -2.21. The fourth-order valence-corrected chi connectivity index (χ4v) is 3.38. The number of nitrogens with one attached hydrogen (secondary N) is 1. The number of rotatable bonds is 5. The Morgan fingerprint density at radius 2 is 2.26 bits per heavy atom. The van der Waals surface area contributed by atoms with Crippen LogP contribution < -0.4 is 5.32 Å². The number of nitrogens with zero attached hydrogens (tertiary/aromatic N) is 2. The molecule has 4 nitrogen and oxygen atoms in total. The summed E-state index contributed by atoms with van der Waals surface area (Å²) in [5.41, 5.74) is 2.64. The molecule has 0 spiro atoms. The SMILES string of the molecule is CCOC[C@H]1CNCc2cn(CC3CCCC3)nc21. The Labute approximate surface area is 115 Å². The smallest absolute Gasteiger partial charge is 0.0736 e. The molecule has 1 saturated carbocycles. The van der Waals surface area contributed by atoms with E-state index in [9.17, 15) is 0 Å². The third-order valence-electron chi connectivity index (χ3n) is 4.41. The van der Waals surface area contributed by atoms with Crippen LogP contribution in [0.15, 0.2) is 6.20 Å². The van der Waals surface area contributed by atoms with Gasteiger partial charge in [0.1, 0.15) is 0 Å². The highest BCUT2D eigenvalue weighted by Crippen LogP contribution is 2.28. The maximum atomic E-state index is 5.58. The van der Waals surface area contributed by atoms with E-state index in [1.807, 2.05) is 0 Å². The molecule has 2 heterocycles. The Morgan fingerprint density at radius 1 is 1.42 bits per heavy atom. The zero-order valence-electron chi connectivity index (χ0n) is 11.9. The second-order valence-corrected chi connectivity index (χ2v) is 5.90. The van der Waals surface area contributed by atoms with E-state index in [0.717, 1.165) is 38.8 Å². The van der Waals surface area contributed by atoms with Crippen LogP contribution in [0.1, 0.15) is 49.8 Å². The zero-order valence-corrected chi connectivity index (χ0v) is 11.9. The topological polar surface area (TPSA) is 39.1 Å². The van der Waals surface area contributed by atoms with Crippen molar-refractivity contribution in [3.05, 3.63) is 17.5 Å². The molecule has 0 saturated heterocycles. The van der Waals surface area contributed by atoms with Gasteiger partial charge in [-0.15, -0.1) is 0 Å². The first-order valence-electron chi connectivity index (χ1n) is 7.71. The van der Waals surface area contributed by atoms with Crippen molar-refractivity contribution in [1.29, 1.82) is 0 Å². The molecule has 2 aliphatic rings. The molecular formula is C15H25N3O. The minimum absolute atomic E-state index is 0.425. The molecule has 1 fully saturated rings. The van der Waals surface area contributed by atoms with Crippen LogP contribution in [-0.4, -0.2) is 29.5 Å². The molecule has 0 amide bonds. The van der Waals surface area contributed by atoms with Gasteiger partial charge in [-0.3, -0.25) is 4.68 Å². The van der Waals surface area contributed by atoms with Gasteiger partial charge in [0.15, 0.2) is 0 Å². The number of aromatic nitrogens is 2. The normalized spacial score (nSPS) is 23.7. The van der Waals surface area contributed by atoms with Gasteiger partial charge >= 0.3 is 0 Å². The van der Waals surface area contributed by atoms with Crippen molar-refractivity contribution in [2.24, 2.45) is 5.92 Å². The van der Waals surface area contributed by atoms with Gasteiger partial charge in [0, 0.05) is 43.9 Å². The van der Waals surface area contributed by atoms with Crippen LogP contribution in [0.5, 0.6) is 0 Å². The van der Waals surface area contributed by atoms with E-state index in [2.05, 4.69) is 23.1 Å². The summed E-state index contributed by atoms with van der Waals surface area (Å²) in [7, 11) is 0. The molecule has 0 unspecified atom stereocenters. The van der Waals surface area contributed by atoms with Crippen LogP contribution in [0.2, 0.25) is 0 Å². The van der Waals surface area contributed by atoms with E-state index in [-0.39, 0.29) is 0 Å². The molecule has 1 aromatic heterocycles. The van der Waals surface area contributed by atoms with Gasteiger partial charge in [0.05, 0.1) is 12.3 Å². The summed E-state index contributed by atoms with van der Waals surface area (Å²) in [4.78, 5) is 0. The van der Waals surface area contributed by atoms with Crippen LogP contribution in [-0.2, 0) is 17.8 Å². The molecule has 0 aromatic carbocycles. The number of ether oxygens (including phenoxy) is 1. The Kier molecular flexibility index (Phi) is 4.18. The van der Waals surface area contributed by atoms with Gasteiger partial charge in [-0.2, -0.15) is 5.10 Å². The third kappa shape index (κ3) is 3.00. The highest BCUT2D eigenvalue weighted by molar-refractivity contribution is 5.24. The molecule has 3 rings (SSSR count). The van der Waals surface area contributed by atoms with Gasteiger partial charge in [-0.25, -0.2) is 0 Å². The van der Waals surface area contributed by atoms with Crippen LogP contribution in [0, 0.1) is 5.92 Å². The second-order valence-electron chi connectivity index (χ2n) is 5.90. The standard InChI is InChI=1S/C15H25N3O/c1-2-19-11-14-8-16-7-13-10-18(17-15(13)14)9-12-5-3-4-6-12/h10,12,14,16H,2-9,11H2,1H3/t14-/m1/s1. The van der Waals surface area contributed by atoms with E-state index < -0.39 is 0 Å². The van der Waals surface area contributed by atoms with E-state index in [0.29, 0.717) is 5.92 Å². The van der Waals surface area contributed by atoms with E-state index in [1.54, 1.807) is 0 Å². The first kappa shape index (κ1) is 13.1. The Bertz CT molecular complexity index is 410. The van der Waals surface area contributed by atoms with E-state index in [4.69, 9.17) is 9.84 Å². The van der Waals surface area contributed by atoms with Crippen molar-refractivity contribution in [3.63, 3.8) is 0 Å². The van der Waals surface area contributed by atoms with E-state index >= 15 is 0 Å². The molecule has 4 heteroatoms. The third-order valence-corrected chi connectivity index (χ3v) is 4.41. The van der Waals surface area contributed by atoms with Gasteiger partial charge in [-0.1, -0.05) is 12.8 Å². The van der Waals surface area contributed by atoms with Crippen molar-refractivity contribution in [3.8, 4) is 0 Å². The van der Waals surface area contributed by atoms with Crippen LogP contribution in [0.25, 0.3) is 0 Å². The predicted molar refractivity (Wildman–Crippen MR) is 75.1 cm³/mol. The molecule has 106 valence electrons. The molecular weight excluding hydrogens is 238 g/mol. The van der Waals surface area contributed by atoms with Gasteiger partial charge in [0.25, 0.3) is 0 Å². The first-order chi connectivity index (χ1) is 9.36. The molecule has 19 heavy (non-hydrogen) atoms. The maximum absolute atomic E-state index is 5.58. The lowest BCUT2D eigenvalue weighted by molar-refractivity contribution is 0.128. The summed E-state index contributed by atoms with van der Waals surface area (Å²) < 4.78 is 7.77. The summed E-state index contributed by atoms with van der Waals surface area (Å²) in [6, 6.07) is 0. The van der Waals surface area contributed by atoms with Gasteiger partial charge in [-0.05, 0) is 25.7 Å². The largest absolute Gasteiger partial charge is 0.381 e. The first-order valence-corrected chi connectivity index (χ1v) is 7.71. The maximum Gasteiger partial charge on any atom is 0.0736 e. The van der Waals surface area contributed by atoms with Crippen LogP contribution >= 0.6 is 0 Å². The lowest BCUT2D eigenvalue weighted by Crippen LogP contribution is -2.30. The number of fused-ring (bicyclic) bond motifs is 1. The van der Waals surface area contributed by atoms with Crippen molar-refractivity contribution in [2.45, 2.75) is 51.6 Å². The molecule has 1 aliphatic carbocycles. The predicted octanol–water partition coefficient (Wildman–Crippen LogP) is 2.30. The van der Waals surface area contributed by atoms with Crippen molar-refractivity contribution >= 4 is 0 Å². The summed E-state index contributed by atoms with van der Waals surface area (Å²) in [5, 5.41) is 8.32. The average molecular weight is 263 g/mol. The zero-order chi connectivity index (χ0) is 13.1. The van der Waals surface area contributed by atoms with Crippen molar-refractivity contribution in [2.75, 3.05) is 19.8 Å². The van der Waals surface area contributed by atoms with Crippen molar-refractivity contribution in [1.82, 2.24) is 15.1 Å². The van der Waals surface area contributed by atoms with Crippen LogP contribution in [0.3, 0.4) is 0 Å². The number of hydrogen-bond acceptors (Lipinski definition) is 3. The highest BCUT2D eigenvalue weighted by atomic mass is 16.5. The Morgan fingerprint density at radius 3 is 3.05 bits per heavy atom. The summed E-state index contributed by atoms with van der Waals surface area (Å²) in [6.07, 6.45) is 7.81. The molecule has 0 bridgehead atoms. The van der Waals surface area contributed by atoms with Crippen LogP contribution in [0.4, 0.5) is 0 Å². The number of hydrogen-bond donors (Lipinski definition) is 1. The molecule has 1 aliphatic heterocycles. The molecule has 1 atom stereocenters. The molecule has 0 radical (unpaired) electrons. The fourth-order valence-electron chi connectivity index (χ4n) is 3.38. The quantitative estimate of drug-likeness (QED) is 0.886. The monoisotopic (exact) mass is 263 g/mol. The molecule has 1 aromatic rings. The summed E-state index contributed by atoms with van der Waals surface area (Å²) >= 11 is 0. The summed E-state index contributed by atoms with van der Waals surface area (Å²) in [6.45, 7) is 6.69. The molecule has 1 N–H and O–H groups in total. The Hall–Kier alpha value is -0.870. The second kappa shape index (κ2) is 6.06. The summed E-state index contributed by atoms with van der Waals surface area (Å²) in [5.74, 6) is 1.27. The van der Waals surface area contributed by atoms with Gasteiger partial charge < -0.3 is 10.1 Å². The fraction of sp³-hybridized carbons (Fsp3) is 0.800. The minimum atomic E-state index is 0.425. The lowest BCUT2D eigenvalue weighted by atomic mass is 9.99. The van der Waals surface area contributed by atoms with Crippen molar-refractivity contribution < 1.29 is 4.74 Å².